The van der Waals surface area contributed by atoms with Crippen molar-refractivity contribution < 1.29 is 22.7 Å². The van der Waals surface area contributed by atoms with E-state index in [0.29, 0.717) is 41.3 Å². The van der Waals surface area contributed by atoms with Crippen LogP contribution in [0.15, 0.2) is 59.5 Å². The lowest BCUT2D eigenvalue weighted by atomic mass is 10.00. The fraction of sp³-hybridized carbons (Fsp3) is 0.528. The fourth-order valence-corrected chi connectivity index (χ4v) is 9.74. The monoisotopic (exact) mass is 648 g/mol. The Morgan fingerprint density at radius 2 is 1.59 bits per heavy atom. The first-order chi connectivity index (χ1) is 22.3. The maximum Gasteiger partial charge on any atom is 0.249 e. The molecule has 248 valence electrons. The molecule has 0 saturated carbocycles. The molecule has 2 atom stereocenters. The highest BCUT2D eigenvalue weighted by Gasteiger charge is 2.37. The van der Waals surface area contributed by atoms with Crippen LogP contribution in [0.5, 0.6) is 5.75 Å². The molecule has 3 aliphatic heterocycles. The molecule has 9 nitrogen and oxygen atoms in total. The average Bonchev–Trinajstić information content (AvgIpc) is 3.47. The number of hydrogen-bond acceptors (Lipinski definition) is 6. The molecule has 0 radical (unpaired) electrons. The van der Waals surface area contributed by atoms with Crippen LogP contribution in [0, 0.1) is 13.8 Å². The van der Waals surface area contributed by atoms with Gasteiger partial charge in [-0.1, -0.05) is 43.2 Å². The number of carbonyl (C=O) groups excluding carboxylic acids is 1. The van der Waals surface area contributed by atoms with Crippen molar-refractivity contribution in [3.05, 3.63) is 82.7 Å². The number of rotatable bonds is 10. The van der Waals surface area contributed by atoms with Crippen LogP contribution >= 0.6 is 0 Å². The first-order valence-electron chi connectivity index (χ1n) is 16.8. The van der Waals surface area contributed by atoms with Crippen molar-refractivity contribution in [2.75, 3.05) is 46.5 Å². The number of hydrogen-bond donors (Lipinski definition) is 0. The summed E-state index contributed by atoms with van der Waals surface area (Å²) in [5, 5.41) is 0. The van der Waals surface area contributed by atoms with Gasteiger partial charge in [0, 0.05) is 43.6 Å². The molecule has 2 fully saturated rings. The van der Waals surface area contributed by atoms with Crippen LogP contribution in [0.3, 0.4) is 0 Å². The molecular weight excluding hydrogens is 600 g/mol. The summed E-state index contributed by atoms with van der Waals surface area (Å²) in [5.41, 5.74) is 4.85. The van der Waals surface area contributed by atoms with E-state index < -0.39 is 10.0 Å². The van der Waals surface area contributed by atoms with Gasteiger partial charge < -0.3 is 18.9 Å². The number of ether oxygens (including phenoxy) is 2. The van der Waals surface area contributed by atoms with Gasteiger partial charge in [-0.3, -0.25) is 9.69 Å². The molecule has 2 unspecified atom stereocenters. The summed E-state index contributed by atoms with van der Waals surface area (Å²) in [6, 6.07) is 17.7. The number of piperidine rings is 2. The number of fused-ring (bicyclic) bond motifs is 1. The molecule has 6 rings (SSSR count). The molecule has 0 N–H and O–H groups in total. The van der Waals surface area contributed by atoms with E-state index in [1.165, 1.54) is 25.0 Å². The van der Waals surface area contributed by atoms with Crippen molar-refractivity contribution in [3.63, 3.8) is 0 Å². The molecule has 3 aliphatic rings. The standard InChI is InChI=1S/C36H48N4O5S/c1-27-22-32(44-3)23-28(2)36(27)46(42,43)40-19-11-8-14-31(40)25-45-26-34(41)39-21-20-38-30(24-37-17-9-5-10-18-37)15-16-33(38)35(39)29-12-6-4-7-13-29/h4,6-7,12-13,15-16,22-23,31,35H,5,8-11,14,17-21,24-26H2,1-3H3. The largest absolute Gasteiger partial charge is 0.497 e. The van der Waals surface area contributed by atoms with Gasteiger partial charge in [-0.15, -0.1) is 0 Å². The molecule has 0 spiro atoms. The van der Waals surface area contributed by atoms with Crippen molar-refractivity contribution in [1.29, 1.82) is 0 Å². The highest BCUT2D eigenvalue weighted by molar-refractivity contribution is 7.89. The molecular formula is C36H48N4O5S. The lowest BCUT2D eigenvalue weighted by Gasteiger charge is -2.39. The third kappa shape index (κ3) is 6.76. The first kappa shape index (κ1) is 32.7. The van der Waals surface area contributed by atoms with Gasteiger partial charge in [0.2, 0.25) is 15.9 Å². The van der Waals surface area contributed by atoms with Crippen molar-refractivity contribution in [2.24, 2.45) is 0 Å². The van der Waals surface area contributed by atoms with Gasteiger partial charge in [-0.25, -0.2) is 8.42 Å². The van der Waals surface area contributed by atoms with Crippen LogP contribution < -0.4 is 4.74 Å². The smallest absolute Gasteiger partial charge is 0.249 e. The number of benzene rings is 2. The third-order valence-corrected chi connectivity index (χ3v) is 12.1. The van der Waals surface area contributed by atoms with Crippen LogP contribution in [0.1, 0.15) is 72.6 Å². The molecule has 0 aliphatic carbocycles. The maximum atomic E-state index is 14.0. The van der Waals surface area contributed by atoms with E-state index in [-0.39, 0.29) is 31.2 Å². The van der Waals surface area contributed by atoms with Gasteiger partial charge >= 0.3 is 0 Å². The number of nitrogens with zero attached hydrogens (tertiary/aromatic N) is 4. The SMILES string of the molecule is COc1cc(C)c(S(=O)(=O)N2CCCCC2COCC(=O)N2CCn3c(CN4CCCCC4)ccc3C2c2ccccc2)c(C)c1. The molecule has 2 saturated heterocycles. The number of amides is 1. The second kappa shape index (κ2) is 14.3. The number of aromatic nitrogens is 1. The minimum absolute atomic E-state index is 0.0778. The fourth-order valence-electron chi connectivity index (χ4n) is 7.65. The molecule has 2 aromatic carbocycles. The van der Waals surface area contributed by atoms with Gasteiger partial charge in [-0.05, 0) is 93.6 Å². The Morgan fingerprint density at radius 3 is 2.30 bits per heavy atom. The molecule has 10 heteroatoms. The quantitative estimate of drug-likeness (QED) is 0.297. The second-order valence-corrected chi connectivity index (χ2v) is 14.8. The Labute approximate surface area is 274 Å². The van der Waals surface area contributed by atoms with E-state index in [1.54, 1.807) is 23.5 Å². The van der Waals surface area contributed by atoms with E-state index in [0.717, 1.165) is 50.3 Å². The Hall–Kier alpha value is -3.18. The van der Waals surface area contributed by atoms with Crippen LogP contribution in [-0.2, 0) is 32.6 Å². The summed E-state index contributed by atoms with van der Waals surface area (Å²) in [5.74, 6) is 0.564. The van der Waals surface area contributed by atoms with Crippen LogP contribution in [0.2, 0.25) is 0 Å². The van der Waals surface area contributed by atoms with Gasteiger partial charge in [0.15, 0.2) is 0 Å². The molecule has 46 heavy (non-hydrogen) atoms. The van der Waals surface area contributed by atoms with E-state index >= 15 is 0 Å². The normalized spacial score (nSPS) is 21.2. The average molecular weight is 649 g/mol. The molecule has 1 amide bonds. The van der Waals surface area contributed by atoms with E-state index in [2.05, 4.69) is 33.7 Å². The molecule has 0 bridgehead atoms. The molecule has 4 heterocycles. The first-order valence-corrected chi connectivity index (χ1v) is 18.2. The van der Waals surface area contributed by atoms with Crippen molar-refractivity contribution in [1.82, 2.24) is 18.7 Å². The maximum absolute atomic E-state index is 14.0. The van der Waals surface area contributed by atoms with Gasteiger partial charge in [0.25, 0.3) is 0 Å². The van der Waals surface area contributed by atoms with Gasteiger partial charge in [0.05, 0.1) is 24.7 Å². The Kier molecular flexibility index (Phi) is 10.2. The predicted molar refractivity (Wildman–Crippen MR) is 178 cm³/mol. The van der Waals surface area contributed by atoms with Crippen LogP contribution in [-0.4, -0.2) is 85.5 Å². The summed E-state index contributed by atoms with van der Waals surface area (Å²) >= 11 is 0. The highest BCUT2D eigenvalue weighted by atomic mass is 32.2. The lowest BCUT2D eigenvalue weighted by Crippen LogP contribution is -2.47. The summed E-state index contributed by atoms with van der Waals surface area (Å²) in [6.07, 6.45) is 6.25. The zero-order chi connectivity index (χ0) is 32.3. The van der Waals surface area contributed by atoms with Crippen LogP contribution in [0.25, 0.3) is 0 Å². The van der Waals surface area contributed by atoms with E-state index in [4.69, 9.17) is 9.47 Å². The minimum atomic E-state index is -3.76. The number of aryl methyl sites for hydroxylation is 2. The number of carbonyl (C=O) groups is 1. The topological polar surface area (TPSA) is 84.3 Å². The van der Waals surface area contributed by atoms with Crippen molar-refractivity contribution in [3.8, 4) is 5.75 Å². The zero-order valence-electron chi connectivity index (χ0n) is 27.5. The predicted octanol–water partition coefficient (Wildman–Crippen LogP) is 5.29. The van der Waals surface area contributed by atoms with Crippen molar-refractivity contribution >= 4 is 15.9 Å². The van der Waals surface area contributed by atoms with Gasteiger partial charge in [-0.2, -0.15) is 4.31 Å². The Balaban J connectivity index is 1.16. The van der Waals surface area contributed by atoms with Crippen molar-refractivity contribution in [2.45, 2.75) is 82.4 Å². The summed E-state index contributed by atoms with van der Waals surface area (Å²) in [7, 11) is -2.18. The van der Waals surface area contributed by atoms with Gasteiger partial charge in [0.1, 0.15) is 12.4 Å². The number of sulfonamides is 1. The summed E-state index contributed by atoms with van der Waals surface area (Å²) < 4.78 is 43.4. The number of methoxy groups -OCH3 is 1. The Morgan fingerprint density at radius 1 is 0.870 bits per heavy atom. The Bertz CT molecular complexity index is 1590. The highest BCUT2D eigenvalue weighted by Crippen LogP contribution is 2.35. The second-order valence-electron chi connectivity index (χ2n) is 13.0. The summed E-state index contributed by atoms with van der Waals surface area (Å²) in [4.78, 5) is 18.7. The minimum Gasteiger partial charge on any atom is -0.497 e. The zero-order valence-corrected chi connectivity index (χ0v) is 28.3. The van der Waals surface area contributed by atoms with Crippen LogP contribution in [0.4, 0.5) is 0 Å². The number of likely N-dealkylation sites (tertiary alicyclic amines) is 1. The molecule has 1 aromatic heterocycles. The van der Waals surface area contributed by atoms with E-state index in [9.17, 15) is 13.2 Å². The van der Waals surface area contributed by atoms with E-state index in [1.807, 2.05) is 36.9 Å². The third-order valence-electron chi connectivity index (χ3n) is 9.88. The molecule has 3 aromatic rings. The lowest BCUT2D eigenvalue weighted by molar-refractivity contribution is -0.139. The summed E-state index contributed by atoms with van der Waals surface area (Å²) in [6.45, 7) is 8.72.